The van der Waals surface area contributed by atoms with Gasteiger partial charge in [-0.1, -0.05) is 29.5 Å². The van der Waals surface area contributed by atoms with Crippen LogP contribution in [-0.4, -0.2) is 21.1 Å². The molecule has 1 aromatic heterocycles. The van der Waals surface area contributed by atoms with Crippen LogP contribution in [0.25, 0.3) is 10.2 Å². The molecule has 124 valence electrons. The maximum absolute atomic E-state index is 10.8. The quantitative estimate of drug-likeness (QED) is 0.538. The van der Waals surface area contributed by atoms with Crippen LogP contribution in [0.1, 0.15) is 15.9 Å². The zero-order chi connectivity index (χ0) is 17.7. The first-order chi connectivity index (χ1) is 11.4. The second kappa shape index (κ2) is 7.38. The second-order valence-electron chi connectivity index (χ2n) is 4.63. The summed E-state index contributed by atoms with van der Waals surface area (Å²) in [4.78, 5) is 28.4. The summed E-state index contributed by atoms with van der Waals surface area (Å²) in [6.45, 7) is 1.90. The number of nitrogen functional groups attached to an aromatic ring is 1. The summed E-state index contributed by atoms with van der Waals surface area (Å²) in [5, 5.41) is 18.4. The Kier molecular flexibility index (Phi) is 5.27. The average Bonchev–Trinajstić information content (AvgIpc) is 2.89. The topological polar surface area (TPSA) is 129 Å². The Balaban J connectivity index is 0.000000174. The minimum absolute atomic E-state index is 0.161. The number of benzene rings is 2. The number of hydrogen-bond donors (Lipinski definition) is 2. The van der Waals surface area contributed by atoms with Crippen molar-refractivity contribution in [2.24, 2.45) is 0 Å². The molecule has 0 aliphatic rings. The van der Waals surface area contributed by atoms with Crippen LogP contribution in [-0.2, 0) is 4.84 Å². The highest BCUT2D eigenvalue weighted by Gasteiger charge is 2.08. The fourth-order valence-electron chi connectivity index (χ4n) is 1.89. The van der Waals surface area contributed by atoms with E-state index in [4.69, 9.17) is 5.73 Å². The number of aromatic nitrogens is 1. The third-order valence-corrected chi connectivity index (χ3v) is 3.69. The molecule has 8 nitrogen and oxygen atoms in total. The first-order valence-electron chi connectivity index (χ1n) is 6.64. The lowest BCUT2D eigenvalue weighted by molar-refractivity contribution is -0.727. The normalized spacial score (nSPS) is 9.88. The summed E-state index contributed by atoms with van der Waals surface area (Å²) >= 11 is 1.39. The Bertz CT molecular complexity index is 879. The minimum atomic E-state index is -1.13. The third kappa shape index (κ3) is 4.40. The number of phenols is 1. The van der Waals surface area contributed by atoms with E-state index >= 15 is 0 Å². The molecule has 3 aromatic rings. The van der Waals surface area contributed by atoms with Gasteiger partial charge < -0.3 is 10.8 Å². The van der Waals surface area contributed by atoms with Gasteiger partial charge in [0.25, 0.3) is 0 Å². The van der Waals surface area contributed by atoms with Crippen molar-refractivity contribution in [3.05, 3.63) is 63.7 Å². The molecule has 0 saturated heterocycles. The lowest BCUT2D eigenvalue weighted by Crippen LogP contribution is -2.09. The Labute approximate surface area is 140 Å². The van der Waals surface area contributed by atoms with Gasteiger partial charge in [0.1, 0.15) is 5.75 Å². The molecular formula is C15H13N3O5S. The maximum Gasteiger partial charge on any atom is 0.334 e. The van der Waals surface area contributed by atoms with Crippen molar-refractivity contribution in [2.75, 3.05) is 5.73 Å². The first-order valence-corrected chi connectivity index (χ1v) is 7.46. The van der Waals surface area contributed by atoms with Crippen molar-refractivity contribution >= 4 is 32.7 Å². The molecule has 3 N–H and O–H groups in total. The lowest BCUT2D eigenvalue weighted by Gasteiger charge is -1.95. The van der Waals surface area contributed by atoms with Crippen molar-refractivity contribution in [2.45, 2.75) is 6.92 Å². The lowest BCUT2D eigenvalue weighted by atomic mass is 10.2. The van der Waals surface area contributed by atoms with Crippen LogP contribution in [0.15, 0.2) is 42.5 Å². The molecule has 0 aliphatic heterocycles. The van der Waals surface area contributed by atoms with Crippen molar-refractivity contribution in [1.82, 2.24) is 4.98 Å². The highest BCUT2D eigenvalue weighted by Crippen LogP contribution is 2.29. The molecule has 3 rings (SSSR count). The molecule has 9 heteroatoms. The Hall–Kier alpha value is -3.20. The summed E-state index contributed by atoms with van der Waals surface area (Å²) in [6.07, 6.45) is 0. The van der Waals surface area contributed by atoms with Crippen LogP contribution in [0.3, 0.4) is 0 Å². The van der Waals surface area contributed by atoms with Gasteiger partial charge in [-0.2, -0.15) is 0 Å². The summed E-state index contributed by atoms with van der Waals surface area (Å²) in [5.41, 5.74) is 7.54. The van der Waals surface area contributed by atoms with Crippen LogP contribution in [0, 0.1) is 17.0 Å². The number of fused-ring (bicyclic) bond motifs is 1. The fourth-order valence-corrected chi connectivity index (χ4v) is 2.74. The van der Waals surface area contributed by atoms with E-state index in [9.17, 15) is 20.0 Å². The summed E-state index contributed by atoms with van der Waals surface area (Å²) < 4.78 is 0.935. The van der Waals surface area contributed by atoms with Crippen molar-refractivity contribution in [3.63, 3.8) is 0 Å². The number of phenolic OH excluding ortho intramolecular Hbond substituents is 1. The Morgan fingerprint density at radius 1 is 1.33 bits per heavy atom. The number of nitrogens with zero attached hydrogens (tertiary/aromatic N) is 2. The molecular weight excluding hydrogens is 334 g/mol. The van der Waals surface area contributed by atoms with Gasteiger partial charge in [0, 0.05) is 5.56 Å². The van der Waals surface area contributed by atoms with Gasteiger partial charge in [-0.05, 0) is 36.8 Å². The van der Waals surface area contributed by atoms with E-state index < -0.39 is 11.1 Å². The number of aromatic hydroxyl groups is 1. The number of nitrogens with two attached hydrogens (primary N) is 1. The number of anilines is 1. The number of aryl methyl sites for hydroxylation is 1. The highest BCUT2D eigenvalue weighted by atomic mass is 32.1. The SMILES string of the molecule is Cc1cc(O)cc2sc(N)nc12.O=C(O[N+](=O)[O-])c1ccccc1. The molecule has 0 atom stereocenters. The number of hydrogen-bond acceptors (Lipinski definition) is 8. The van der Waals surface area contributed by atoms with Gasteiger partial charge in [-0.3, -0.25) is 4.79 Å². The van der Waals surface area contributed by atoms with E-state index in [-0.39, 0.29) is 11.3 Å². The fraction of sp³-hybridized carbons (Fsp3) is 0.0667. The molecule has 0 unspecified atom stereocenters. The Morgan fingerprint density at radius 2 is 2.00 bits per heavy atom. The minimum Gasteiger partial charge on any atom is -0.508 e. The summed E-state index contributed by atoms with van der Waals surface area (Å²) in [7, 11) is 0. The van der Waals surface area contributed by atoms with E-state index in [1.165, 1.54) is 23.5 Å². The maximum atomic E-state index is 10.8. The van der Waals surface area contributed by atoms with E-state index in [1.54, 1.807) is 30.3 Å². The van der Waals surface area contributed by atoms with Crippen molar-refractivity contribution < 1.29 is 19.8 Å². The van der Waals surface area contributed by atoms with Crippen molar-refractivity contribution in [3.8, 4) is 5.75 Å². The van der Waals surface area contributed by atoms with Gasteiger partial charge in [0.05, 0.1) is 10.2 Å². The van der Waals surface area contributed by atoms with Crippen LogP contribution in [0.5, 0.6) is 5.75 Å². The first kappa shape index (κ1) is 17.2. The molecule has 0 saturated carbocycles. The van der Waals surface area contributed by atoms with Gasteiger partial charge in [-0.15, -0.1) is 10.1 Å². The van der Waals surface area contributed by atoms with Gasteiger partial charge in [0.2, 0.25) is 0 Å². The molecule has 0 bridgehead atoms. The van der Waals surface area contributed by atoms with E-state index in [0.29, 0.717) is 5.13 Å². The standard InChI is InChI=1S/C8H8N2OS.C7H5NO4/c1-4-2-5(11)3-6-7(4)10-8(9)12-6;9-7(12-8(10)11)6-4-2-1-3-5-6/h2-3,11H,1H3,(H2,9,10);1-5H. The van der Waals surface area contributed by atoms with Gasteiger partial charge >= 0.3 is 11.1 Å². The van der Waals surface area contributed by atoms with Gasteiger partial charge in [-0.25, -0.2) is 9.82 Å². The average molecular weight is 347 g/mol. The largest absolute Gasteiger partial charge is 0.508 e. The molecule has 0 fully saturated rings. The summed E-state index contributed by atoms with van der Waals surface area (Å²) in [5.74, 6) is -0.691. The molecule has 2 aromatic carbocycles. The van der Waals surface area contributed by atoms with E-state index in [0.717, 1.165) is 15.8 Å². The molecule has 0 amide bonds. The number of carbonyl (C=O) groups excluding carboxylic acids is 1. The zero-order valence-electron chi connectivity index (χ0n) is 12.5. The zero-order valence-corrected chi connectivity index (χ0v) is 13.3. The monoisotopic (exact) mass is 347 g/mol. The van der Waals surface area contributed by atoms with E-state index in [2.05, 4.69) is 9.82 Å². The smallest absolute Gasteiger partial charge is 0.334 e. The second-order valence-corrected chi connectivity index (χ2v) is 5.69. The Morgan fingerprint density at radius 3 is 2.62 bits per heavy atom. The third-order valence-electron chi connectivity index (χ3n) is 2.85. The molecule has 0 radical (unpaired) electrons. The molecule has 24 heavy (non-hydrogen) atoms. The molecule has 1 heterocycles. The van der Waals surface area contributed by atoms with E-state index in [1.807, 2.05) is 6.92 Å². The number of rotatable bonds is 2. The van der Waals surface area contributed by atoms with Crippen LogP contribution in [0.4, 0.5) is 5.13 Å². The van der Waals surface area contributed by atoms with Crippen LogP contribution < -0.4 is 5.73 Å². The predicted octanol–water partition coefficient (Wildman–Crippen LogP) is 2.93. The summed E-state index contributed by atoms with van der Waals surface area (Å²) in [6, 6.07) is 11.1. The number of carbonyl (C=O) groups is 1. The van der Waals surface area contributed by atoms with Crippen molar-refractivity contribution in [1.29, 1.82) is 0 Å². The van der Waals surface area contributed by atoms with Gasteiger partial charge in [0.15, 0.2) is 5.13 Å². The number of thiazole rings is 1. The molecule has 0 spiro atoms. The predicted molar refractivity (Wildman–Crippen MR) is 89.3 cm³/mol. The van der Waals surface area contributed by atoms with Crippen LogP contribution in [0.2, 0.25) is 0 Å². The molecule has 0 aliphatic carbocycles. The highest BCUT2D eigenvalue weighted by molar-refractivity contribution is 7.22. The van der Waals surface area contributed by atoms with Crippen LogP contribution >= 0.6 is 11.3 Å².